The van der Waals surface area contributed by atoms with Crippen LogP contribution in [-0.2, 0) is 15.4 Å². The van der Waals surface area contributed by atoms with Gasteiger partial charge in [-0.1, -0.05) is 38.4 Å². The molecular formula is C19H20ClN3O3S. The van der Waals surface area contributed by atoms with E-state index in [-0.39, 0.29) is 10.8 Å². The fraction of sp³-hybridized carbons (Fsp3) is 0.263. The molecule has 142 valence electrons. The van der Waals surface area contributed by atoms with Crippen molar-refractivity contribution in [3.63, 3.8) is 0 Å². The Morgan fingerprint density at radius 2 is 1.85 bits per heavy atom. The molecule has 0 amide bonds. The minimum absolute atomic E-state index is 0.0567. The van der Waals surface area contributed by atoms with E-state index in [1.165, 1.54) is 18.3 Å². The van der Waals surface area contributed by atoms with Crippen molar-refractivity contribution in [3.8, 4) is 11.3 Å². The molecule has 0 unspecified atom stereocenters. The van der Waals surface area contributed by atoms with Gasteiger partial charge in [0.15, 0.2) is 10.5 Å². The van der Waals surface area contributed by atoms with Gasteiger partial charge in [0.1, 0.15) is 0 Å². The number of fused-ring (bicyclic) bond motifs is 1. The van der Waals surface area contributed by atoms with Crippen LogP contribution in [0.15, 0.2) is 40.3 Å². The van der Waals surface area contributed by atoms with Gasteiger partial charge >= 0.3 is 0 Å². The van der Waals surface area contributed by atoms with Gasteiger partial charge in [0.05, 0.1) is 16.6 Å². The number of rotatable bonds is 2. The molecule has 0 spiro atoms. The zero-order chi connectivity index (χ0) is 20.1. The van der Waals surface area contributed by atoms with Crippen LogP contribution in [0, 0.1) is 6.92 Å². The van der Waals surface area contributed by atoms with Gasteiger partial charge < -0.3 is 4.98 Å². The molecule has 2 aromatic heterocycles. The fourth-order valence-corrected chi connectivity index (χ4v) is 4.23. The Kier molecular flexibility index (Phi) is 4.66. The normalized spacial score (nSPS) is 12.5. The van der Waals surface area contributed by atoms with E-state index in [1.54, 1.807) is 0 Å². The maximum absolute atomic E-state index is 12.6. The molecule has 3 aromatic rings. The second kappa shape index (κ2) is 6.44. The summed E-state index contributed by atoms with van der Waals surface area (Å²) < 4.78 is 23.5. The van der Waals surface area contributed by atoms with Crippen molar-refractivity contribution in [2.24, 2.45) is 5.14 Å². The highest BCUT2D eigenvalue weighted by Gasteiger charge is 2.21. The highest BCUT2D eigenvalue weighted by molar-refractivity contribution is 7.89. The third-order valence-electron chi connectivity index (χ3n) is 4.39. The number of primary sulfonamides is 1. The van der Waals surface area contributed by atoms with Crippen molar-refractivity contribution < 1.29 is 8.42 Å². The molecule has 0 fully saturated rings. The third kappa shape index (κ3) is 3.63. The molecule has 2 heterocycles. The first-order valence-electron chi connectivity index (χ1n) is 8.25. The zero-order valence-electron chi connectivity index (χ0n) is 15.4. The largest absolute Gasteiger partial charge is 0.354 e. The predicted octanol–water partition coefficient (Wildman–Crippen LogP) is 3.50. The first-order chi connectivity index (χ1) is 12.4. The molecule has 8 heteroatoms. The lowest BCUT2D eigenvalue weighted by atomic mass is 9.85. The van der Waals surface area contributed by atoms with Crippen LogP contribution in [0.4, 0.5) is 0 Å². The highest BCUT2D eigenvalue weighted by atomic mass is 35.5. The second-order valence-corrected chi connectivity index (χ2v) is 9.41. The number of aromatic nitrogens is 2. The number of sulfonamides is 1. The van der Waals surface area contributed by atoms with Crippen LogP contribution in [0.5, 0.6) is 0 Å². The number of H-pyrrole nitrogens is 1. The number of benzene rings is 1. The molecule has 0 radical (unpaired) electrons. The van der Waals surface area contributed by atoms with Gasteiger partial charge in [-0.15, -0.1) is 0 Å². The summed E-state index contributed by atoms with van der Waals surface area (Å²) in [7, 11) is -4.12. The van der Waals surface area contributed by atoms with E-state index in [2.05, 4.69) is 30.7 Å². The average Bonchev–Trinajstić information content (AvgIpc) is 2.54. The van der Waals surface area contributed by atoms with Crippen LogP contribution < -0.4 is 10.6 Å². The molecule has 3 N–H and O–H groups in total. The summed E-state index contributed by atoms with van der Waals surface area (Å²) in [5.74, 6) is 0. The Hall–Kier alpha value is -2.22. The molecular weight excluding hydrogens is 386 g/mol. The van der Waals surface area contributed by atoms with Crippen LogP contribution in [0.25, 0.3) is 22.2 Å². The average molecular weight is 406 g/mol. The van der Waals surface area contributed by atoms with Crippen molar-refractivity contribution in [1.29, 1.82) is 0 Å². The summed E-state index contributed by atoms with van der Waals surface area (Å²) in [6.07, 6.45) is 1.30. The van der Waals surface area contributed by atoms with Gasteiger partial charge in [0.25, 0.3) is 10.0 Å². The van der Waals surface area contributed by atoms with E-state index in [0.717, 1.165) is 16.7 Å². The number of halogens is 1. The number of nitrogens with zero attached hydrogens (tertiary/aromatic N) is 1. The number of pyridine rings is 2. The van der Waals surface area contributed by atoms with E-state index in [9.17, 15) is 13.2 Å². The molecule has 0 saturated carbocycles. The first-order valence-corrected chi connectivity index (χ1v) is 10.2. The molecule has 0 atom stereocenters. The summed E-state index contributed by atoms with van der Waals surface area (Å²) in [5.41, 5.74) is 3.00. The van der Waals surface area contributed by atoms with Crippen LogP contribution >= 0.6 is 11.6 Å². The molecule has 0 aliphatic carbocycles. The van der Waals surface area contributed by atoms with Crippen molar-refractivity contribution in [2.75, 3.05) is 0 Å². The van der Waals surface area contributed by atoms with Gasteiger partial charge in [0, 0.05) is 22.8 Å². The SMILES string of the molecule is Cc1cc(C(C)(C)C)c(Cl)cc1-c1cc(=O)c2c(S(N)(=O)=O)nccc2[nH]1. The summed E-state index contributed by atoms with van der Waals surface area (Å²) in [5, 5.41) is 5.29. The molecule has 1 aromatic carbocycles. The molecule has 0 bridgehead atoms. The minimum Gasteiger partial charge on any atom is -0.354 e. The predicted molar refractivity (Wildman–Crippen MR) is 108 cm³/mol. The summed E-state index contributed by atoms with van der Waals surface area (Å²) in [6, 6.07) is 6.70. The molecule has 3 rings (SSSR count). The Bertz CT molecular complexity index is 1230. The smallest absolute Gasteiger partial charge is 0.256 e. The monoisotopic (exact) mass is 405 g/mol. The van der Waals surface area contributed by atoms with E-state index in [1.807, 2.05) is 19.1 Å². The second-order valence-electron chi connectivity index (χ2n) is 7.53. The number of nitrogens with two attached hydrogens (primary N) is 1. The van der Waals surface area contributed by atoms with Crippen molar-refractivity contribution in [2.45, 2.75) is 38.1 Å². The Balaban J connectivity index is 2.29. The maximum atomic E-state index is 12.6. The van der Waals surface area contributed by atoms with Crippen molar-refractivity contribution >= 4 is 32.5 Å². The molecule has 0 aliphatic rings. The van der Waals surface area contributed by atoms with Gasteiger partial charge in [-0.3, -0.25) is 4.79 Å². The van der Waals surface area contributed by atoms with E-state index in [0.29, 0.717) is 16.2 Å². The highest BCUT2D eigenvalue weighted by Crippen LogP contribution is 2.35. The minimum atomic E-state index is -4.12. The number of aromatic amines is 1. The molecule has 0 saturated heterocycles. The van der Waals surface area contributed by atoms with Gasteiger partial charge in [-0.05, 0) is 35.6 Å². The lowest BCUT2D eigenvalue weighted by Crippen LogP contribution is -2.18. The standard InChI is InChI=1S/C19H20ClN3O3S/c1-10-7-12(19(2,3)4)13(20)8-11(10)15-9-16(24)17-14(23-15)5-6-22-18(17)27(21,25)26/h5-9H,1-4H3,(H,23,24)(H2,21,25,26). The van der Waals surface area contributed by atoms with Crippen LogP contribution in [0.1, 0.15) is 31.9 Å². The van der Waals surface area contributed by atoms with E-state index < -0.39 is 20.5 Å². The van der Waals surface area contributed by atoms with Gasteiger partial charge in [-0.2, -0.15) is 0 Å². The van der Waals surface area contributed by atoms with E-state index >= 15 is 0 Å². The topological polar surface area (TPSA) is 106 Å². The van der Waals surface area contributed by atoms with Crippen LogP contribution in [0.2, 0.25) is 5.02 Å². The summed E-state index contributed by atoms with van der Waals surface area (Å²) in [6.45, 7) is 8.17. The first kappa shape index (κ1) is 19.5. The number of nitrogens with one attached hydrogen (secondary N) is 1. The van der Waals surface area contributed by atoms with Gasteiger partial charge in [0.2, 0.25) is 0 Å². The van der Waals surface area contributed by atoms with Gasteiger partial charge in [-0.25, -0.2) is 18.5 Å². The third-order valence-corrected chi connectivity index (χ3v) is 5.55. The Labute approximate surface area is 162 Å². The lowest BCUT2D eigenvalue weighted by Gasteiger charge is -2.22. The number of hydrogen-bond donors (Lipinski definition) is 2. The Morgan fingerprint density at radius 3 is 2.44 bits per heavy atom. The number of aryl methyl sites for hydroxylation is 1. The molecule has 0 aliphatic heterocycles. The number of hydrogen-bond acceptors (Lipinski definition) is 4. The lowest BCUT2D eigenvalue weighted by molar-refractivity contribution is 0.590. The molecule has 6 nitrogen and oxygen atoms in total. The summed E-state index contributed by atoms with van der Waals surface area (Å²) in [4.78, 5) is 19.5. The Morgan fingerprint density at radius 1 is 1.19 bits per heavy atom. The fourth-order valence-electron chi connectivity index (χ4n) is 3.08. The zero-order valence-corrected chi connectivity index (χ0v) is 17.0. The van der Waals surface area contributed by atoms with Crippen LogP contribution in [0.3, 0.4) is 0 Å². The van der Waals surface area contributed by atoms with Crippen molar-refractivity contribution in [3.05, 3.63) is 56.8 Å². The molecule has 27 heavy (non-hydrogen) atoms. The quantitative estimate of drug-likeness (QED) is 0.680. The van der Waals surface area contributed by atoms with E-state index in [4.69, 9.17) is 16.7 Å². The van der Waals surface area contributed by atoms with Crippen LogP contribution in [-0.4, -0.2) is 18.4 Å². The summed E-state index contributed by atoms with van der Waals surface area (Å²) >= 11 is 6.48. The maximum Gasteiger partial charge on any atom is 0.256 e. The van der Waals surface area contributed by atoms with Crippen molar-refractivity contribution in [1.82, 2.24) is 9.97 Å².